The summed E-state index contributed by atoms with van der Waals surface area (Å²) in [6.07, 6.45) is 1.06. The van der Waals surface area contributed by atoms with Crippen LogP contribution >= 0.6 is 0 Å². The number of benzene rings is 2. The van der Waals surface area contributed by atoms with E-state index in [1.54, 1.807) is 0 Å². The third-order valence-electron chi connectivity index (χ3n) is 4.84. The van der Waals surface area contributed by atoms with Crippen LogP contribution in [0.3, 0.4) is 0 Å². The van der Waals surface area contributed by atoms with Gasteiger partial charge in [0.1, 0.15) is 6.54 Å². The second-order valence-corrected chi connectivity index (χ2v) is 6.53. The Morgan fingerprint density at radius 1 is 1.13 bits per heavy atom. The zero-order valence-electron chi connectivity index (χ0n) is 13.9. The van der Waals surface area contributed by atoms with Crippen molar-refractivity contribution in [2.75, 3.05) is 6.54 Å². The summed E-state index contributed by atoms with van der Waals surface area (Å²) in [6.45, 7) is 6.68. The van der Waals surface area contributed by atoms with Crippen molar-refractivity contribution >= 4 is 5.91 Å². The van der Waals surface area contributed by atoms with E-state index in [-0.39, 0.29) is 11.9 Å². The van der Waals surface area contributed by atoms with Gasteiger partial charge in [-0.15, -0.1) is 0 Å². The van der Waals surface area contributed by atoms with E-state index in [2.05, 4.69) is 60.8 Å². The molecule has 2 aromatic carbocycles. The number of aryl methyl sites for hydroxylation is 1. The quantitative estimate of drug-likeness (QED) is 0.884. The number of amides is 1. The number of fused-ring (bicyclic) bond motifs is 1. The maximum atomic E-state index is 12.5. The van der Waals surface area contributed by atoms with Gasteiger partial charge < -0.3 is 10.2 Å². The Morgan fingerprint density at radius 2 is 1.83 bits per heavy atom. The molecule has 1 aliphatic rings. The van der Waals surface area contributed by atoms with E-state index in [1.807, 2.05) is 6.92 Å². The smallest absolute Gasteiger partial charge is 0.278 e. The van der Waals surface area contributed by atoms with Crippen LogP contribution in [0.25, 0.3) is 0 Å². The van der Waals surface area contributed by atoms with Crippen LogP contribution in [0, 0.1) is 6.92 Å². The zero-order valence-corrected chi connectivity index (χ0v) is 13.9. The van der Waals surface area contributed by atoms with Gasteiger partial charge in [-0.3, -0.25) is 4.79 Å². The molecule has 0 saturated carbocycles. The van der Waals surface area contributed by atoms with Crippen LogP contribution in [0.2, 0.25) is 0 Å². The lowest BCUT2D eigenvalue weighted by molar-refractivity contribution is -0.929. The van der Waals surface area contributed by atoms with E-state index < -0.39 is 0 Å². The summed E-state index contributed by atoms with van der Waals surface area (Å²) < 4.78 is 0. The van der Waals surface area contributed by atoms with Crippen LogP contribution < -0.4 is 10.2 Å². The van der Waals surface area contributed by atoms with E-state index in [0.717, 1.165) is 25.1 Å². The van der Waals surface area contributed by atoms with Crippen LogP contribution in [-0.2, 0) is 24.3 Å². The molecule has 0 aromatic heterocycles. The highest BCUT2D eigenvalue weighted by atomic mass is 16.2. The molecule has 3 rings (SSSR count). The molecule has 0 saturated heterocycles. The van der Waals surface area contributed by atoms with Crippen LogP contribution in [0.1, 0.15) is 29.2 Å². The molecule has 0 radical (unpaired) electrons. The number of hydrogen-bond acceptors (Lipinski definition) is 1. The Morgan fingerprint density at radius 3 is 2.57 bits per heavy atom. The normalized spacial score (nSPS) is 18.1. The molecule has 0 aliphatic carbocycles. The maximum absolute atomic E-state index is 12.5. The van der Waals surface area contributed by atoms with Crippen molar-refractivity contribution in [1.82, 2.24) is 5.32 Å². The largest absolute Gasteiger partial charge is 0.347 e. The van der Waals surface area contributed by atoms with Gasteiger partial charge in [0.25, 0.3) is 5.91 Å². The lowest BCUT2D eigenvalue weighted by atomic mass is 9.99. The van der Waals surface area contributed by atoms with Crippen molar-refractivity contribution in [2.24, 2.45) is 0 Å². The SMILES string of the molecule is Cc1ccc(CNC(=O)[C@@H](C)[NH+]2CCc3ccccc3C2)cc1. The number of rotatable bonds is 4. The van der Waals surface area contributed by atoms with Crippen molar-refractivity contribution in [3.63, 3.8) is 0 Å². The van der Waals surface area contributed by atoms with Crippen molar-refractivity contribution in [3.05, 3.63) is 70.8 Å². The molecule has 120 valence electrons. The van der Waals surface area contributed by atoms with Crippen LogP contribution in [0.15, 0.2) is 48.5 Å². The molecule has 2 atom stereocenters. The van der Waals surface area contributed by atoms with Gasteiger partial charge >= 0.3 is 0 Å². The average molecular weight is 309 g/mol. The van der Waals surface area contributed by atoms with Crippen LogP contribution in [0.5, 0.6) is 0 Å². The van der Waals surface area contributed by atoms with E-state index in [1.165, 1.54) is 21.6 Å². The number of carbonyl (C=O) groups excluding carboxylic acids is 1. The van der Waals surface area contributed by atoms with Crippen LogP contribution in [0.4, 0.5) is 0 Å². The fourth-order valence-electron chi connectivity index (χ4n) is 3.21. The topological polar surface area (TPSA) is 33.5 Å². The summed E-state index contributed by atoms with van der Waals surface area (Å²) in [7, 11) is 0. The molecule has 1 heterocycles. The summed E-state index contributed by atoms with van der Waals surface area (Å²) in [6, 6.07) is 16.9. The summed E-state index contributed by atoms with van der Waals surface area (Å²) in [5, 5.41) is 3.08. The first-order chi connectivity index (χ1) is 11.1. The van der Waals surface area contributed by atoms with Gasteiger partial charge in [0.05, 0.1) is 6.54 Å². The molecule has 1 unspecified atom stereocenters. The third kappa shape index (κ3) is 3.80. The first-order valence-corrected chi connectivity index (χ1v) is 8.38. The fraction of sp³-hybridized carbons (Fsp3) is 0.350. The Hall–Kier alpha value is -2.13. The summed E-state index contributed by atoms with van der Waals surface area (Å²) in [4.78, 5) is 13.8. The molecule has 0 spiro atoms. The highest BCUT2D eigenvalue weighted by Gasteiger charge is 2.28. The predicted molar refractivity (Wildman–Crippen MR) is 92.2 cm³/mol. The van der Waals surface area contributed by atoms with Crippen molar-refractivity contribution in [2.45, 2.75) is 39.4 Å². The van der Waals surface area contributed by atoms with E-state index in [0.29, 0.717) is 6.54 Å². The first-order valence-electron chi connectivity index (χ1n) is 8.38. The first kappa shape index (κ1) is 15.8. The summed E-state index contributed by atoms with van der Waals surface area (Å²) in [5.41, 5.74) is 5.20. The van der Waals surface area contributed by atoms with Gasteiger partial charge in [-0.2, -0.15) is 0 Å². The molecule has 1 aliphatic heterocycles. The Bertz CT molecular complexity index is 678. The fourth-order valence-corrected chi connectivity index (χ4v) is 3.21. The minimum atomic E-state index is -0.0196. The second-order valence-electron chi connectivity index (χ2n) is 6.53. The standard InChI is InChI=1S/C20H24N2O/c1-15-7-9-17(10-8-15)13-21-20(23)16(2)22-12-11-18-5-3-4-6-19(18)14-22/h3-10,16H,11-14H2,1-2H3,(H,21,23)/p+1/t16-/m1/s1. The van der Waals surface area contributed by atoms with Crippen LogP contribution in [-0.4, -0.2) is 18.5 Å². The van der Waals surface area contributed by atoms with Gasteiger partial charge in [0.2, 0.25) is 0 Å². The Labute approximate surface area is 138 Å². The molecule has 23 heavy (non-hydrogen) atoms. The number of carbonyl (C=O) groups is 1. The predicted octanol–water partition coefficient (Wildman–Crippen LogP) is 1.64. The molecule has 2 N–H and O–H groups in total. The highest BCUT2D eigenvalue weighted by Crippen LogP contribution is 2.10. The molecule has 3 nitrogen and oxygen atoms in total. The van der Waals surface area contributed by atoms with Crippen molar-refractivity contribution < 1.29 is 9.69 Å². The minimum absolute atomic E-state index is 0.0196. The molecule has 1 amide bonds. The molecular formula is C20H25N2O+. The van der Waals surface area contributed by atoms with Gasteiger partial charge in [-0.1, -0.05) is 54.1 Å². The van der Waals surface area contributed by atoms with Gasteiger partial charge in [0.15, 0.2) is 6.04 Å². The van der Waals surface area contributed by atoms with Crippen molar-refractivity contribution in [1.29, 1.82) is 0 Å². The van der Waals surface area contributed by atoms with Gasteiger partial charge in [-0.05, 0) is 25.0 Å². The van der Waals surface area contributed by atoms with E-state index in [4.69, 9.17) is 0 Å². The second kappa shape index (κ2) is 6.97. The molecular weight excluding hydrogens is 284 g/mol. The summed E-state index contributed by atoms with van der Waals surface area (Å²) >= 11 is 0. The molecule has 0 fully saturated rings. The van der Waals surface area contributed by atoms with Gasteiger partial charge in [0, 0.05) is 18.5 Å². The van der Waals surface area contributed by atoms with E-state index >= 15 is 0 Å². The average Bonchev–Trinajstić information content (AvgIpc) is 2.60. The third-order valence-corrected chi connectivity index (χ3v) is 4.84. The monoisotopic (exact) mass is 309 g/mol. The zero-order chi connectivity index (χ0) is 16.2. The molecule has 0 bridgehead atoms. The lowest BCUT2D eigenvalue weighted by Gasteiger charge is -2.30. The number of quaternary nitrogens is 1. The molecule has 3 heteroatoms. The summed E-state index contributed by atoms with van der Waals surface area (Å²) in [5.74, 6) is 0.139. The minimum Gasteiger partial charge on any atom is -0.347 e. The maximum Gasteiger partial charge on any atom is 0.278 e. The van der Waals surface area contributed by atoms with Gasteiger partial charge in [-0.25, -0.2) is 0 Å². The molecule has 2 aromatic rings. The number of hydrogen-bond donors (Lipinski definition) is 2. The highest BCUT2D eigenvalue weighted by molar-refractivity contribution is 5.79. The Kier molecular flexibility index (Phi) is 4.77. The van der Waals surface area contributed by atoms with Crippen molar-refractivity contribution in [3.8, 4) is 0 Å². The lowest BCUT2D eigenvalue weighted by Crippen LogP contribution is -3.16. The van der Waals surface area contributed by atoms with E-state index in [9.17, 15) is 4.79 Å². The Balaban J connectivity index is 1.56. The number of nitrogens with one attached hydrogen (secondary N) is 2.